The minimum Gasteiger partial charge on any atom is -0.480 e. The minimum atomic E-state index is -1.11. The van der Waals surface area contributed by atoms with Gasteiger partial charge in [0.1, 0.15) is 6.04 Å². The summed E-state index contributed by atoms with van der Waals surface area (Å²) in [6, 6.07) is -1.00. The van der Waals surface area contributed by atoms with Gasteiger partial charge in [-0.3, -0.25) is 9.59 Å². The van der Waals surface area contributed by atoms with Crippen LogP contribution in [0.1, 0.15) is 66.2 Å². The zero-order chi connectivity index (χ0) is 18.7. The Balaban J connectivity index is -0.000000710. The van der Waals surface area contributed by atoms with Gasteiger partial charge in [0.05, 0.1) is 12.7 Å². The second-order valence-electron chi connectivity index (χ2n) is 4.87. The number of hydrogen-bond donors (Lipinski definition) is 5. The highest BCUT2D eigenvalue weighted by molar-refractivity contribution is 5.78. The summed E-state index contributed by atoms with van der Waals surface area (Å²) in [5, 5.41) is 28.8. The SMILES string of the molecule is CC.CCC.NC(CCC(=O)NCCCCC(O)CO)C(=O)O. The van der Waals surface area contributed by atoms with Crippen molar-refractivity contribution in [3.63, 3.8) is 0 Å². The molecule has 0 aliphatic heterocycles. The number of carboxylic acids is 1. The van der Waals surface area contributed by atoms with Crippen LogP contribution in [0.25, 0.3) is 0 Å². The quantitative estimate of drug-likeness (QED) is 0.381. The molecule has 23 heavy (non-hydrogen) atoms. The molecular weight excluding hydrogens is 300 g/mol. The smallest absolute Gasteiger partial charge is 0.320 e. The number of rotatable bonds is 10. The fourth-order valence-corrected chi connectivity index (χ4v) is 1.32. The van der Waals surface area contributed by atoms with Gasteiger partial charge in [-0.1, -0.05) is 34.1 Å². The minimum absolute atomic E-state index is 0.0900. The van der Waals surface area contributed by atoms with Crippen LogP contribution in [-0.2, 0) is 9.59 Å². The first-order chi connectivity index (χ1) is 10.9. The van der Waals surface area contributed by atoms with E-state index in [0.717, 1.165) is 0 Å². The first-order valence-corrected chi connectivity index (χ1v) is 8.42. The van der Waals surface area contributed by atoms with E-state index in [1.165, 1.54) is 6.42 Å². The van der Waals surface area contributed by atoms with Crippen LogP contribution in [0.15, 0.2) is 0 Å². The first-order valence-electron chi connectivity index (χ1n) is 8.42. The van der Waals surface area contributed by atoms with Crippen molar-refractivity contribution < 1.29 is 24.9 Å². The summed E-state index contributed by atoms with van der Waals surface area (Å²) >= 11 is 0. The van der Waals surface area contributed by atoms with Crippen LogP contribution in [-0.4, -0.2) is 52.5 Å². The summed E-state index contributed by atoms with van der Waals surface area (Å²) < 4.78 is 0. The Hall–Kier alpha value is -1.18. The van der Waals surface area contributed by atoms with E-state index >= 15 is 0 Å². The molecule has 0 radical (unpaired) electrons. The molecule has 7 nitrogen and oxygen atoms in total. The van der Waals surface area contributed by atoms with E-state index in [9.17, 15) is 9.59 Å². The van der Waals surface area contributed by atoms with Crippen LogP contribution >= 0.6 is 0 Å². The Morgan fingerprint density at radius 1 is 1.13 bits per heavy atom. The van der Waals surface area contributed by atoms with E-state index in [2.05, 4.69) is 19.2 Å². The van der Waals surface area contributed by atoms with Crippen molar-refractivity contribution in [1.29, 1.82) is 0 Å². The number of aliphatic hydroxyl groups excluding tert-OH is 2. The van der Waals surface area contributed by atoms with Crippen molar-refractivity contribution in [1.82, 2.24) is 5.32 Å². The molecule has 0 aromatic carbocycles. The molecule has 0 aromatic heterocycles. The lowest BCUT2D eigenvalue weighted by Crippen LogP contribution is -2.33. The van der Waals surface area contributed by atoms with Crippen molar-refractivity contribution in [2.24, 2.45) is 5.73 Å². The van der Waals surface area contributed by atoms with Crippen LogP contribution in [0.5, 0.6) is 0 Å². The van der Waals surface area contributed by atoms with Crippen molar-refractivity contribution in [2.75, 3.05) is 13.2 Å². The Morgan fingerprint density at radius 3 is 2.09 bits per heavy atom. The molecule has 2 atom stereocenters. The molecule has 140 valence electrons. The zero-order valence-corrected chi connectivity index (χ0v) is 15.0. The predicted molar refractivity (Wildman–Crippen MR) is 92.1 cm³/mol. The third-order valence-corrected chi connectivity index (χ3v) is 2.50. The maximum absolute atomic E-state index is 11.3. The highest BCUT2D eigenvalue weighted by atomic mass is 16.4. The van der Waals surface area contributed by atoms with E-state index < -0.39 is 18.1 Å². The highest BCUT2D eigenvalue weighted by Gasteiger charge is 2.13. The number of carbonyl (C=O) groups is 2. The molecule has 0 aliphatic carbocycles. The molecular formula is C16H36N2O5. The average Bonchev–Trinajstić information content (AvgIpc) is 2.54. The zero-order valence-electron chi connectivity index (χ0n) is 15.0. The molecule has 0 saturated heterocycles. The standard InChI is InChI=1S/C11H22N2O5.C3H8.C2H6/c12-9(11(17)18)4-5-10(16)13-6-2-1-3-8(15)7-14;1-3-2;1-2/h8-9,14-15H,1-7,12H2,(H,13,16)(H,17,18);3H2,1-2H3;1-2H3. The average molecular weight is 336 g/mol. The molecule has 1 amide bonds. The molecule has 7 heteroatoms. The molecule has 0 spiro atoms. The van der Waals surface area contributed by atoms with Gasteiger partial charge in [-0.05, 0) is 25.7 Å². The molecule has 0 aliphatic rings. The number of hydrogen-bond acceptors (Lipinski definition) is 5. The lowest BCUT2D eigenvalue weighted by atomic mass is 10.1. The number of carbonyl (C=O) groups excluding carboxylic acids is 1. The largest absolute Gasteiger partial charge is 0.480 e. The third kappa shape index (κ3) is 23.2. The normalized spacial score (nSPS) is 12.0. The highest BCUT2D eigenvalue weighted by Crippen LogP contribution is 2.00. The second-order valence-corrected chi connectivity index (χ2v) is 4.87. The first kappa shape index (κ1) is 26.7. The lowest BCUT2D eigenvalue weighted by Gasteiger charge is -2.08. The Kier molecular flexibility index (Phi) is 24.2. The lowest BCUT2D eigenvalue weighted by molar-refractivity contribution is -0.138. The summed E-state index contributed by atoms with van der Waals surface area (Å²) in [4.78, 5) is 21.7. The van der Waals surface area contributed by atoms with Crippen LogP contribution in [0.3, 0.4) is 0 Å². The summed E-state index contributed by atoms with van der Waals surface area (Å²) in [5.74, 6) is -1.34. The number of aliphatic hydroxyl groups is 2. The van der Waals surface area contributed by atoms with Crippen molar-refractivity contribution in [2.45, 2.75) is 78.4 Å². The molecule has 0 heterocycles. The van der Waals surface area contributed by atoms with Gasteiger partial charge < -0.3 is 26.4 Å². The summed E-state index contributed by atoms with van der Waals surface area (Å²) in [7, 11) is 0. The Morgan fingerprint density at radius 2 is 1.65 bits per heavy atom. The number of unbranched alkanes of at least 4 members (excludes halogenated alkanes) is 1. The number of aliphatic carboxylic acids is 1. The summed E-state index contributed by atoms with van der Waals surface area (Å²) in [5.41, 5.74) is 5.26. The molecule has 6 N–H and O–H groups in total. The molecule has 0 rings (SSSR count). The van der Waals surface area contributed by atoms with E-state index in [1.54, 1.807) is 0 Å². The van der Waals surface area contributed by atoms with Gasteiger partial charge in [0.15, 0.2) is 0 Å². The van der Waals surface area contributed by atoms with Gasteiger partial charge >= 0.3 is 5.97 Å². The van der Waals surface area contributed by atoms with E-state index in [0.29, 0.717) is 25.8 Å². The van der Waals surface area contributed by atoms with E-state index in [4.69, 9.17) is 21.1 Å². The topological polar surface area (TPSA) is 133 Å². The Bertz CT molecular complexity index is 275. The van der Waals surface area contributed by atoms with Gasteiger partial charge in [0, 0.05) is 13.0 Å². The maximum Gasteiger partial charge on any atom is 0.320 e. The fraction of sp³-hybridized carbons (Fsp3) is 0.875. The van der Waals surface area contributed by atoms with Crippen molar-refractivity contribution in [3.05, 3.63) is 0 Å². The van der Waals surface area contributed by atoms with Crippen LogP contribution in [0.2, 0.25) is 0 Å². The van der Waals surface area contributed by atoms with Gasteiger partial charge in [-0.2, -0.15) is 0 Å². The monoisotopic (exact) mass is 336 g/mol. The predicted octanol–water partition coefficient (Wildman–Crippen LogP) is 1.26. The summed E-state index contributed by atoms with van der Waals surface area (Å²) in [6.45, 7) is 8.47. The molecule has 2 unspecified atom stereocenters. The fourth-order valence-electron chi connectivity index (χ4n) is 1.32. The Labute approximate surface area is 140 Å². The maximum atomic E-state index is 11.3. The van der Waals surface area contributed by atoms with Crippen molar-refractivity contribution in [3.8, 4) is 0 Å². The van der Waals surface area contributed by atoms with Crippen LogP contribution in [0, 0.1) is 0 Å². The second kappa shape index (κ2) is 20.8. The molecule has 0 bridgehead atoms. The van der Waals surface area contributed by atoms with Crippen molar-refractivity contribution >= 4 is 11.9 Å². The van der Waals surface area contributed by atoms with Crippen LogP contribution in [0.4, 0.5) is 0 Å². The van der Waals surface area contributed by atoms with Gasteiger partial charge in [0.25, 0.3) is 0 Å². The van der Waals surface area contributed by atoms with E-state index in [1.807, 2.05) is 13.8 Å². The molecule has 0 aromatic rings. The van der Waals surface area contributed by atoms with E-state index in [-0.39, 0.29) is 25.4 Å². The van der Waals surface area contributed by atoms with Gasteiger partial charge in [-0.15, -0.1) is 0 Å². The van der Waals surface area contributed by atoms with Crippen LogP contribution < -0.4 is 11.1 Å². The third-order valence-electron chi connectivity index (χ3n) is 2.50. The number of amides is 1. The summed E-state index contributed by atoms with van der Waals surface area (Å²) in [6.07, 6.45) is 2.66. The number of carboxylic acid groups (broad SMARTS) is 1. The molecule has 0 saturated carbocycles. The number of nitrogens with one attached hydrogen (secondary N) is 1. The molecule has 0 fully saturated rings. The number of nitrogens with two attached hydrogens (primary N) is 1. The van der Waals surface area contributed by atoms with Gasteiger partial charge in [0.2, 0.25) is 5.91 Å². The van der Waals surface area contributed by atoms with Gasteiger partial charge in [-0.25, -0.2) is 0 Å².